The number of rotatable bonds is 5. The summed E-state index contributed by atoms with van der Waals surface area (Å²) in [5, 5.41) is 3.99. The van der Waals surface area contributed by atoms with Crippen LogP contribution >= 0.6 is 0 Å². The Morgan fingerprint density at radius 1 is 1.20 bits per heavy atom. The van der Waals surface area contributed by atoms with Crippen LogP contribution in [-0.2, 0) is 17.9 Å². The van der Waals surface area contributed by atoms with Gasteiger partial charge in [-0.2, -0.15) is 4.68 Å². The van der Waals surface area contributed by atoms with E-state index in [4.69, 9.17) is 8.83 Å². The summed E-state index contributed by atoms with van der Waals surface area (Å²) in [4.78, 5) is 25.6. The van der Waals surface area contributed by atoms with E-state index >= 15 is 0 Å². The number of nitrogens with zero attached hydrogens (tertiary/aromatic N) is 3. The topological polar surface area (TPSA) is 81.5 Å². The van der Waals surface area contributed by atoms with E-state index in [1.165, 1.54) is 29.2 Å². The lowest BCUT2D eigenvalue weighted by Crippen LogP contribution is -2.32. The fourth-order valence-electron chi connectivity index (χ4n) is 2.26. The van der Waals surface area contributed by atoms with Crippen molar-refractivity contribution in [3.8, 4) is 11.5 Å². The molecule has 2 heterocycles. The molecule has 2 aromatic heterocycles. The summed E-state index contributed by atoms with van der Waals surface area (Å²) in [6.45, 7) is 1.83. The molecule has 0 aliphatic rings. The lowest BCUT2D eigenvalue weighted by Gasteiger charge is -2.14. The van der Waals surface area contributed by atoms with Crippen molar-refractivity contribution in [2.24, 2.45) is 0 Å². The van der Waals surface area contributed by atoms with Crippen molar-refractivity contribution < 1.29 is 18.0 Å². The van der Waals surface area contributed by atoms with Crippen LogP contribution in [0.15, 0.2) is 50.0 Å². The van der Waals surface area contributed by atoms with Gasteiger partial charge in [0, 0.05) is 12.6 Å². The molecule has 0 fully saturated rings. The highest BCUT2D eigenvalue weighted by molar-refractivity contribution is 5.75. The van der Waals surface area contributed by atoms with E-state index in [1.54, 1.807) is 13.1 Å². The van der Waals surface area contributed by atoms with Crippen LogP contribution in [0.3, 0.4) is 0 Å². The third-order valence-electron chi connectivity index (χ3n) is 3.60. The minimum Gasteiger partial charge on any atom is -0.464 e. The summed E-state index contributed by atoms with van der Waals surface area (Å²) in [6, 6.07) is 8.95. The Kier molecular flexibility index (Phi) is 4.51. The van der Waals surface area contributed by atoms with E-state index < -0.39 is 11.6 Å². The fourth-order valence-corrected chi connectivity index (χ4v) is 2.26. The van der Waals surface area contributed by atoms with Crippen LogP contribution in [0.5, 0.6) is 0 Å². The molecule has 0 aliphatic heterocycles. The van der Waals surface area contributed by atoms with Gasteiger partial charge in [-0.15, -0.1) is 5.10 Å². The predicted octanol–water partition coefficient (Wildman–Crippen LogP) is 2.20. The number of halogens is 1. The number of benzene rings is 1. The molecule has 0 unspecified atom stereocenters. The van der Waals surface area contributed by atoms with Gasteiger partial charge in [0.1, 0.15) is 23.9 Å². The average Bonchev–Trinajstić information content (AvgIpc) is 3.14. The number of furan rings is 1. The van der Waals surface area contributed by atoms with E-state index in [9.17, 15) is 14.0 Å². The number of hydrogen-bond acceptors (Lipinski definition) is 5. The summed E-state index contributed by atoms with van der Waals surface area (Å²) in [7, 11) is 1.60. The molecule has 0 atom stereocenters. The van der Waals surface area contributed by atoms with Crippen LogP contribution < -0.4 is 5.76 Å². The first kappa shape index (κ1) is 16.7. The number of aryl methyl sites for hydroxylation is 1. The maximum absolute atomic E-state index is 13.0. The molecule has 3 aromatic rings. The Morgan fingerprint density at radius 3 is 2.56 bits per heavy atom. The highest BCUT2D eigenvalue weighted by atomic mass is 19.1. The lowest BCUT2D eigenvalue weighted by atomic mass is 10.2. The molecule has 0 bridgehead atoms. The average molecular weight is 345 g/mol. The molecule has 130 valence electrons. The van der Waals surface area contributed by atoms with Gasteiger partial charge in [-0.25, -0.2) is 9.18 Å². The van der Waals surface area contributed by atoms with Crippen molar-refractivity contribution >= 4 is 5.91 Å². The number of hydrogen-bond donors (Lipinski definition) is 0. The van der Waals surface area contributed by atoms with Crippen molar-refractivity contribution in [3.05, 3.63) is 64.3 Å². The van der Waals surface area contributed by atoms with Gasteiger partial charge in [-0.05, 0) is 43.3 Å². The minimum atomic E-state index is -0.755. The van der Waals surface area contributed by atoms with Gasteiger partial charge in [0.25, 0.3) is 0 Å². The first-order valence-corrected chi connectivity index (χ1v) is 7.55. The van der Waals surface area contributed by atoms with Crippen LogP contribution in [0.1, 0.15) is 11.5 Å². The van der Waals surface area contributed by atoms with Crippen molar-refractivity contribution in [1.82, 2.24) is 14.7 Å². The molecule has 1 amide bonds. The second-order valence-electron chi connectivity index (χ2n) is 5.60. The van der Waals surface area contributed by atoms with Crippen LogP contribution in [0, 0.1) is 12.7 Å². The summed E-state index contributed by atoms with van der Waals surface area (Å²) in [6.07, 6.45) is 0. The van der Waals surface area contributed by atoms with E-state index in [1.807, 2.05) is 13.0 Å². The molecule has 3 rings (SSSR count). The lowest BCUT2D eigenvalue weighted by molar-refractivity contribution is -0.131. The zero-order chi connectivity index (χ0) is 18.0. The standard InChI is InChI=1S/C17H16FN3O4/c1-11-3-8-14(24-11)9-20(2)15(22)10-21-17(23)25-16(19-21)12-4-6-13(18)7-5-12/h3-8H,9-10H2,1-2H3. The fraction of sp³-hybridized carbons (Fsp3) is 0.235. The quantitative estimate of drug-likeness (QED) is 0.708. The SMILES string of the molecule is Cc1ccc(CN(C)C(=O)Cn2nc(-c3ccc(F)cc3)oc2=O)o1. The van der Waals surface area contributed by atoms with E-state index in [2.05, 4.69) is 5.10 Å². The Balaban J connectivity index is 1.71. The van der Waals surface area contributed by atoms with Gasteiger partial charge in [0.15, 0.2) is 0 Å². The first-order chi connectivity index (χ1) is 11.9. The zero-order valence-electron chi connectivity index (χ0n) is 13.7. The van der Waals surface area contributed by atoms with Crippen molar-refractivity contribution in [3.63, 3.8) is 0 Å². The normalized spacial score (nSPS) is 10.8. The molecule has 1 aromatic carbocycles. The Labute approximate surface area is 142 Å². The molecule has 0 N–H and O–H groups in total. The Morgan fingerprint density at radius 2 is 1.92 bits per heavy atom. The van der Waals surface area contributed by atoms with Gasteiger partial charge in [-0.1, -0.05) is 0 Å². The van der Waals surface area contributed by atoms with Gasteiger partial charge in [0.05, 0.1) is 6.54 Å². The second-order valence-corrected chi connectivity index (χ2v) is 5.60. The first-order valence-electron chi connectivity index (χ1n) is 7.55. The maximum atomic E-state index is 13.0. The molecule has 8 heteroatoms. The minimum absolute atomic E-state index is 0.0297. The molecule has 0 saturated heterocycles. The molecule has 0 aliphatic carbocycles. The van der Waals surface area contributed by atoms with Crippen LogP contribution in [0.25, 0.3) is 11.5 Å². The number of amides is 1. The molecule has 0 radical (unpaired) electrons. The number of carbonyl (C=O) groups excluding carboxylic acids is 1. The van der Waals surface area contributed by atoms with Crippen molar-refractivity contribution in [1.29, 1.82) is 0 Å². The van der Waals surface area contributed by atoms with Crippen LogP contribution in [-0.4, -0.2) is 27.6 Å². The summed E-state index contributed by atoms with van der Waals surface area (Å²) < 4.78 is 24.3. The largest absolute Gasteiger partial charge is 0.464 e. The van der Waals surface area contributed by atoms with Gasteiger partial charge in [0.2, 0.25) is 11.8 Å². The summed E-state index contributed by atoms with van der Waals surface area (Å²) >= 11 is 0. The molecular formula is C17H16FN3O4. The molecule has 7 nitrogen and oxygen atoms in total. The predicted molar refractivity (Wildman–Crippen MR) is 86.1 cm³/mol. The highest BCUT2D eigenvalue weighted by Crippen LogP contribution is 2.15. The molecule has 0 spiro atoms. The highest BCUT2D eigenvalue weighted by Gasteiger charge is 2.17. The van der Waals surface area contributed by atoms with Gasteiger partial charge in [-0.3, -0.25) is 4.79 Å². The third kappa shape index (κ3) is 3.85. The second kappa shape index (κ2) is 6.76. The smallest absolute Gasteiger partial charge is 0.437 e. The maximum Gasteiger partial charge on any atom is 0.437 e. The van der Waals surface area contributed by atoms with Crippen LogP contribution in [0.4, 0.5) is 4.39 Å². The molecular weight excluding hydrogens is 329 g/mol. The third-order valence-corrected chi connectivity index (χ3v) is 3.60. The zero-order valence-corrected chi connectivity index (χ0v) is 13.7. The van der Waals surface area contributed by atoms with Crippen molar-refractivity contribution in [2.45, 2.75) is 20.0 Å². The number of carbonyl (C=O) groups is 1. The van der Waals surface area contributed by atoms with Crippen LogP contribution in [0.2, 0.25) is 0 Å². The van der Waals surface area contributed by atoms with Crippen molar-refractivity contribution in [2.75, 3.05) is 7.05 Å². The van der Waals surface area contributed by atoms with E-state index in [-0.39, 0.29) is 24.9 Å². The summed E-state index contributed by atoms with van der Waals surface area (Å²) in [5.74, 6) is -0.0528. The summed E-state index contributed by atoms with van der Waals surface area (Å²) in [5.41, 5.74) is 0.448. The monoisotopic (exact) mass is 345 g/mol. The molecule has 0 saturated carbocycles. The van der Waals surface area contributed by atoms with E-state index in [0.717, 1.165) is 10.4 Å². The number of aromatic nitrogens is 2. The Hall–Kier alpha value is -3.16. The molecule has 25 heavy (non-hydrogen) atoms. The van der Waals surface area contributed by atoms with E-state index in [0.29, 0.717) is 11.3 Å². The van der Waals surface area contributed by atoms with Gasteiger partial charge >= 0.3 is 5.76 Å². The van der Waals surface area contributed by atoms with Gasteiger partial charge < -0.3 is 13.7 Å². The Bertz CT molecular complexity index is 939. The number of likely N-dealkylation sites (N-methyl/N-ethyl adjacent to an activating group) is 1.